The van der Waals surface area contributed by atoms with E-state index in [0.29, 0.717) is 43.2 Å². The first-order valence-electron chi connectivity index (χ1n) is 12.0. The Balaban J connectivity index is 1.56. The number of carbonyl (C=O) groups is 3. The summed E-state index contributed by atoms with van der Waals surface area (Å²) in [4.78, 5) is 43.8. The fourth-order valence-corrected chi connectivity index (χ4v) is 5.12. The van der Waals surface area contributed by atoms with Crippen LogP contribution in [-0.4, -0.2) is 73.9 Å². The molecule has 2 amide bonds. The van der Waals surface area contributed by atoms with E-state index in [4.69, 9.17) is 14.2 Å². The highest BCUT2D eigenvalue weighted by molar-refractivity contribution is 6.43. The molecule has 0 saturated carbocycles. The van der Waals surface area contributed by atoms with Crippen LogP contribution in [-0.2, 0) is 16.0 Å². The second kappa shape index (κ2) is 10.8. The fourth-order valence-electron chi connectivity index (χ4n) is 5.12. The minimum atomic E-state index is -0.688. The third kappa shape index (κ3) is 4.97. The Hall–Kier alpha value is -3.55. The van der Waals surface area contributed by atoms with Crippen molar-refractivity contribution in [2.75, 3.05) is 34.4 Å². The van der Waals surface area contributed by atoms with Crippen molar-refractivity contribution < 1.29 is 28.6 Å². The lowest BCUT2D eigenvalue weighted by atomic mass is 9.93. The van der Waals surface area contributed by atoms with Crippen molar-refractivity contribution in [3.8, 4) is 17.2 Å². The Bertz CT molecular complexity index is 1060. The molecule has 2 unspecified atom stereocenters. The molecule has 2 aliphatic heterocycles. The molecule has 0 aliphatic carbocycles. The molecule has 4 rings (SSSR count). The van der Waals surface area contributed by atoms with Crippen LogP contribution in [0.15, 0.2) is 42.5 Å². The van der Waals surface area contributed by atoms with E-state index in [1.165, 1.54) is 33.5 Å². The summed E-state index contributed by atoms with van der Waals surface area (Å²) >= 11 is 0. The van der Waals surface area contributed by atoms with Crippen molar-refractivity contribution in [2.24, 2.45) is 0 Å². The Morgan fingerprint density at radius 2 is 1.63 bits per heavy atom. The number of methoxy groups -OCH3 is 3. The molecule has 2 fully saturated rings. The second-order valence-electron chi connectivity index (χ2n) is 8.91. The minimum absolute atomic E-state index is 0.0748. The lowest BCUT2D eigenvalue weighted by molar-refractivity contribution is -0.145. The monoisotopic (exact) mass is 480 g/mol. The summed E-state index contributed by atoms with van der Waals surface area (Å²) in [5.74, 6) is -0.493. The number of Topliss-reactive ketones (excluding diaryl/α,β-unsaturated/α-hetero) is 1. The van der Waals surface area contributed by atoms with Gasteiger partial charge in [0.25, 0.3) is 11.7 Å². The van der Waals surface area contributed by atoms with E-state index in [1.807, 2.05) is 35.2 Å². The molecule has 0 aromatic heterocycles. The number of amides is 2. The standard InChI is InChI=1S/C27H32N2O6/c1-33-22-16-19(17-23(34-2)25(22)35-3)24(30)27(32)29-20-10-7-11-21(29)26(31)28(15-13-20)14-12-18-8-5-4-6-9-18/h4-6,8-9,16-17,20-21H,7,10-15H2,1-3H3. The Kier molecular flexibility index (Phi) is 7.58. The number of hydrogen-bond donors (Lipinski definition) is 0. The van der Waals surface area contributed by atoms with Gasteiger partial charge in [0.1, 0.15) is 6.04 Å². The van der Waals surface area contributed by atoms with Gasteiger partial charge < -0.3 is 24.0 Å². The van der Waals surface area contributed by atoms with E-state index in [0.717, 1.165) is 24.8 Å². The molecule has 186 valence electrons. The molecule has 2 aliphatic rings. The third-order valence-electron chi connectivity index (χ3n) is 6.94. The SMILES string of the molecule is COc1cc(C(=O)C(=O)N2C3CCCC2C(=O)N(CCc2ccccc2)CC3)cc(OC)c1OC. The van der Waals surface area contributed by atoms with Crippen molar-refractivity contribution in [2.45, 2.75) is 44.2 Å². The zero-order valence-electron chi connectivity index (χ0n) is 20.5. The van der Waals surface area contributed by atoms with Gasteiger partial charge in [-0.05, 0) is 49.8 Å². The molecule has 2 aromatic rings. The van der Waals surface area contributed by atoms with Gasteiger partial charge >= 0.3 is 0 Å². The summed E-state index contributed by atoms with van der Waals surface area (Å²) in [6, 6.07) is 12.2. The van der Waals surface area contributed by atoms with E-state index in [2.05, 4.69) is 0 Å². The minimum Gasteiger partial charge on any atom is -0.493 e. The average Bonchev–Trinajstić information content (AvgIpc) is 2.97. The summed E-state index contributed by atoms with van der Waals surface area (Å²) in [5, 5.41) is 0. The molecular weight excluding hydrogens is 448 g/mol. The number of ether oxygens (including phenoxy) is 3. The Labute approximate surface area is 205 Å². The molecule has 2 heterocycles. The van der Waals surface area contributed by atoms with Crippen LogP contribution in [0.2, 0.25) is 0 Å². The second-order valence-corrected chi connectivity index (χ2v) is 8.91. The van der Waals surface area contributed by atoms with E-state index in [9.17, 15) is 14.4 Å². The normalized spacial score (nSPS) is 19.7. The molecule has 0 spiro atoms. The fraction of sp³-hybridized carbons (Fsp3) is 0.444. The van der Waals surface area contributed by atoms with Crippen LogP contribution in [0.25, 0.3) is 0 Å². The number of rotatable bonds is 8. The highest BCUT2D eigenvalue weighted by Crippen LogP contribution is 2.39. The van der Waals surface area contributed by atoms with Crippen LogP contribution in [0.3, 0.4) is 0 Å². The summed E-state index contributed by atoms with van der Waals surface area (Å²) < 4.78 is 16.0. The van der Waals surface area contributed by atoms with Crippen molar-refractivity contribution in [1.82, 2.24) is 9.80 Å². The summed E-state index contributed by atoms with van der Waals surface area (Å²) in [7, 11) is 4.38. The van der Waals surface area contributed by atoms with Gasteiger partial charge in [-0.1, -0.05) is 30.3 Å². The van der Waals surface area contributed by atoms with E-state index in [-0.39, 0.29) is 17.5 Å². The number of nitrogens with zero attached hydrogens (tertiary/aromatic N) is 2. The van der Waals surface area contributed by atoms with Gasteiger partial charge in [-0.3, -0.25) is 14.4 Å². The Morgan fingerprint density at radius 1 is 0.943 bits per heavy atom. The van der Waals surface area contributed by atoms with Crippen LogP contribution >= 0.6 is 0 Å². The number of benzene rings is 2. The molecule has 2 saturated heterocycles. The van der Waals surface area contributed by atoms with Crippen LogP contribution < -0.4 is 14.2 Å². The highest BCUT2D eigenvalue weighted by Gasteiger charge is 2.44. The summed E-state index contributed by atoms with van der Waals surface area (Å²) in [5.41, 5.74) is 1.30. The van der Waals surface area contributed by atoms with Crippen LogP contribution in [0.1, 0.15) is 41.6 Å². The first kappa shape index (κ1) is 24.6. The maximum atomic E-state index is 13.5. The largest absolute Gasteiger partial charge is 0.493 e. The van der Waals surface area contributed by atoms with Gasteiger partial charge in [0, 0.05) is 24.7 Å². The van der Waals surface area contributed by atoms with Gasteiger partial charge in [-0.2, -0.15) is 0 Å². The number of ketones is 1. The molecule has 35 heavy (non-hydrogen) atoms. The molecule has 8 heteroatoms. The number of carbonyl (C=O) groups excluding carboxylic acids is 3. The van der Waals surface area contributed by atoms with E-state index in [1.54, 1.807) is 4.90 Å². The predicted molar refractivity (Wildman–Crippen MR) is 130 cm³/mol. The van der Waals surface area contributed by atoms with Gasteiger partial charge in [-0.15, -0.1) is 0 Å². The molecular formula is C27H32N2O6. The highest BCUT2D eigenvalue weighted by atomic mass is 16.5. The van der Waals surface area contributed by atoms with E-state index >= 15 is 0 Å². The third-order valence-corrected chi connectivity index (χ3v) is 6.94. The van der Waals surface area contributed by atoms with Crippen LogP contribution in [0.4, 0.5) is 0 Å². The van der Waals surface area contributed by atoms with E-state index < -0.39 is 17.7 Å². The lowest BCUT2D eigenvalue weighted by Gasteiger charge is -2.39. The predicted octanol–water partition coefficient (Wildman–Crippen LogP) is 3.12. The zero-order valence-corrected chi connectivity index (χ0v) is 20.5. The summed E-state index contributed by atoms with van der Waals surface area (Å²) in [6.45, 7) is 1.17. The van der Waals surface area contributed by atoms with Gasteiger partial charge in [0.05, 0.1) is 21.3 Å². The molecule has 2 atom stereocenters. The van der Waals surface area contributed by atoms with Crippen molar-refractivity contribution in [3.63, 3.8) is 0 Å². The molecule has 2 bridgehead atoms. The lowest BCUT2D eigenvalue weighted by Crippen LogP contribution is -2.55. The van der Waals surface area contributed by atoms with Crippen LogP contribution in [0.5, 0.6) is 17.2 Å². The first-order valence-corrected chi connectivity index (χ1v) is 12.0. The topological polar surface area (TPSA) is 85.4 Å². The van der Waals surface area contributed by atoms with Gasteiger partial charge in [-0.25, -0.2) is 0 Å². The maximum absolute atomic E-state index is 13.5. The van der Waals surface area contributed by atoms with Gasteiger partial charge in [0.2, 0.25) is 11.7 Å². The van der Waals surface area contributed by atoms with Crippen molar-refractivity contribution in [3.05, 3.63) is 53.6 Å². The van der Waals surface area contributed by atoms with Crippen LogP contribution in [0, 0.1) is 0 Å². The molecule has 0 N–H and O–H groups in total. The van der Waals surface area contributed by atoms with Gasteiger partial charge in [0.15, 0.2) is 11.5 Å². The van der Waals surface area contributed by atoms with Crippen molar-refractivity contribution >= 4 is 17.6 Å². The molecule has 8 nitrogen and oxygen atoms in total. The molecule has 0 radical (unpaired) electrons. The maximum Gasteiger partial charge on any atom is 0.295 e. The number of fused-ring (bicyclic) bond motifs is 2. The van der Waals surface area contributed by atoms with Crippen molar-refractivity contribution in [1.29, 1.82) is 0 Å². The number of piperidine rings is 1. The number of hydrogen-bond acceptors (Lipinski definition) is 6. The average molecular weight is 481 g/mol. The molecule has 2 aromatic carbocycles. The zero-order chi connectivity index (χ0) is 24.9. The Morgan fingerprint density at radius 3 is 2.26 bits per heavy atom. The smallest absolute Gasteiger partial charge is 0.295 e. The summed E-state index contributed by atoms with van der Waals surface area (Å²) in [6.07, 6.45) is 3.61. The first-order chi connectivity index (χ1) is 17.0. The quantitative estimate of drug-likeness (QED) is 0.426.